The van der Waals surface area contributed by atoms with Gasteiger partial charge in [0.25, 0.3) is 0 Å². The first-order chi connectivity index (χ1) is 8.13. The average molecular weight is 300 g/mol. The second-order valence-electron chi connectivity index (χ2n) is 4.28. The number of amides is 1. The van der Waals surface area contributed by atoms with Gasteiger partial charge in [0.1, 0.15) is 6.61 Å². The Kier molecular flexibility index (Phi) is 6.05. The third-order valence-electron chi connectivity index (χ3n) is 2.19. The molecule has 0 radical (unpaired) electrons. The van der Waals surface area contributed by atoms with Gasteiger partial charge in [-0.25, -0.2) is 4.79 Å². The Labute approximate surface area is 111 Å². The molecule has 0 bridgehead atoms. The van der Waals surface area contributed by atoms with Crippen LogP contribution in [0.4, 0.5) is 4.79 Å². The van der Waals surface area contributed by atoms with Crippen molar-refractivity contribution in [1.82, 2.24) is 4.90 Å². The van der Waals surface area contributed by atoms with Crippen LogP contribution in [-0.4, -0.2) is 23.0 Å². The smallest absolute Gasteiger partial charge is 0.410 e. The van der Waals surface area contributed by atoms with Crippen molar-refractivity contribution >= 4 is 22.0 Å². The lowest BCUT2D eigenvalue weighted by Crippen LogP contribution is -2.33. The van der Waals surface area contributed by atoms with Crippen LogP contribution in [0.5, 0.6) is 0 Å². The fraction of sp³-hybridized carbons (Fsp3) is 0.462. The van der Waals surface area contributed by atoms with E-state index in [0.29, 0.717) is 24.5 Å². The van der Waals surface area contributed by atoms with Crippen LogP contribution < -0.4 is 0 Å². The van der Waals surface area contributed by atoms with Gasteiger partial charge in [0.2, 0.25) is 0 Å². The van der Waals surface area contributed by atoms with E-state index in [4.69, 9.17) is 4.74 Å². The minimum absolute atomic E-state index is 0.278. The van der Waals surface area contributed by atoms with Crippen LogP contribution >= 0.6 is 15.9 Å². The molecular formula is C13H18BrNO2. The third kappa shape index (κ3) is 5.22. The first-order valence-electron chi connectivity index (χ1n) is 5.65. The largest absolute Gasteiger partial charge is 0.445 e. The van der Waals surface area contributed by atoms with Crippen LogP contribution in [0.2, 0.25) is 0 Å². The van der Waals surface area contributed by atoms with Gasteiger partial charge in [0.05, 0.1) is 5.45 Å². The minimum Gasteiger partial charge on any atom is -0.445 e. The topological polar surface area (TPSA) is 29.5 Å². The Hall–Kier alpha value is -1.03. The summed E-state index contributed by atoms with van der Waals surface area (Å²) in [7, 11) is 0. The van der Waals surface area contributed by atoms with Crippen LogP contribution in [-0.2, 0) is 11.3 Å². The predicted molar refractivity (Wildman–Crippen MR) is 72.0 cm³/mol. The summed E-state index contributed by atoms with van der Waals surface area (Å²) in [6.07, 6.45) is -0.278. The lowest BCUT2D eigenvalue weighted by atomic mass is 10.2. The summed E-state index contributed by atoms with van der Waals surface area (Å²) in [5, 5.41) is 0. The van der Waals surface area contributed by atoms with Crippen molar-refractivity contribution < 1.29 is 9.53 Å². The molecule has 0 aliphatic rings. The number of benzene rings is 1. The third-order valence-corrected chi connectivity index (χ3v) is 2.80. The SMILES string of the molecule is CC(C)CN(CBr)C(=O)OCc1ccccc1. The fourth-order valence-corrected chi connectivity index (χ4v) is 1.83. The van der Waals surface area contributed by atoms with E-state index in [1.807, 2.05) is 30.3 Å². The normalized spacial score (nSPS) is 10.4. The zero-order chi connectivity index (χ0) is 12.7. The maximum atomic E-state index is 11.8. The maximum absolute atomic E-state index is 11.8. The van der Waals surface area contributed by atoms with Crippen molar-refractivity contribution in [2.45, 2.75) is 20.5 Å². The monoisotopic (exact) mass is 299 g/mol. The van der Waals surface area contributed by atoms with Gasteiger partial charge in [-0.3, -0.25) is 4.90 Å². The van der Waals surface area contributed by atoms with Gasteiger partial charge in [-0.2, -0.15) is 0 Å². The Bertz CT molecular complexity index is 341. The van der Waals surface area contributed by atoms with Gasteiger partial charge >= 0.3 is 6.09 Å². The molecular weight excluding hydrogens is 282 g/mol. The van der Waals surface area contributed by atoms with Gasteiger partial charge in [0.15, 0.2) is 0 Å². The molecule has 0 heterocycles. The van der Waals surface area contributed by atoms with E-state index in [2.05, 4.69) is 29.8 Å². The molecule has 0 fully saturated rings. The minimum atomic E-state index is -0.278. The molecule has 0 spiro atoms. The fourth-order valence-electron chi connectivity index (χ4n) is 1.42. The van der Waals surface area contributed by atoms with Crippen molar-refractivity contribution in [3.63, 3.8) is 0 Å². The van der Waals surface area contributed by atoms with Gasteiger partial charge in [-0.1, -0.05) is 60.1 Å². The van der Waals surface area contributed by atoms with E-state index in [-0.39, 0.29) is 6.09 Å². The molecule has 0 N–H and O–H groups in total. The van der Waals surface area contributed by atoms with E-state index in [9.17, 15) is 4.79 Å². The summed E-state index contributed by atoms with van der Waals surface area (Å²) in [6, 6.07) is 9.68. The van der Waals surface area contributed by atoms with Crippen molar-refractivity contribution in [3.05, 3.63) is 35.9 Å². The number of nitrogens with zero attached hydrogens (tertiary/aromatic N) is 1. The zero-order valence-corrected chi connectivity index (χ0v) is 11.8. The summed E-state index contributed by atoms with van der Waals surface area (Å²) in [6.45, 7) is 5.15. The van der Waals surface area contributed by atoms with Crippen LogP contribution in [0.25, 0.3) is 0 Å². The van der Waals surface area contributed by atoms with Crippen molar-refractivity contribution in [2.75, 3.05) is 12.0 Å². The van der Waals surface area contributed by atoms with E-state index in [1.54, 1.807) is 4.90 Å². The number of hydrogen-bond donors (Lipinski definition) is 0. The zero-order valence-electron chi connectivity index (χ0n) is 10.2. The molecule has 0 unspecified atom stereocenters. The summed E-state index contributed by atoms with van der Waals surface area (Å²) in [5.74, 6) is 0.428. The number of halogens is 1. The van der Waals surface area contributed by atoms with Crippen LogP contribution in [0.15, 0.2) is 30.3 Å². The van der Waals surface area contributed by atoms with Gasteiger partial charge in [-0.15, -0.1) is 0 Å². The molecule has 1 aromatic rings. The highest BCUT2D eigenvalue weighted by atomic mass is 79.9. The van der Waals surface area contributed by atoms with E-state index in [0.717, 1.165) is 5.56 Å². The van der Waals surface area contributed by atoms with E-state index >= 15 is 0 Å². The molecule has 94 valence electrons. The molecule has 1 rings (SSSR count). The number of alkyl halides is 1. The Morgan fingerprint density at radius 1 is 1.35 bits per heavy atom. The molecule has 0 aliphatic heterocycles. The maximum Gasteiger partial charge on any atom is 0.410 e. The van der Waals surface area contributed by atoms with Crippen LogP contribution in [0.1, 0.15) is 19.4 Å². The Morgan fingerprint density at radius 3 is 2.53 bits per heavy atom. The highest BCUT2D eigenvalue weighted by Gasteiger charge is 2.14. The summed E-state index contributed by atoms with van der Waals surface area (Å²) >= 11 is 3.30. The molecule has 0 aliphatic carbocycles. The summed E-state index contributed by atoms with van der Waals surface area (Å²) in [5.41, 5.74) is 1.50. The standard InChI is InChI=1S/C13H18BrNO2/c1-11(2)8-15(10-14)13(16)17-9-12-6-4-3-5-7-12/h3-7,11H,8-10H2,1-2H3. The first kappa shape index (κ1) is 14.0. The molecule has 1 amide bonds. The van der Waals surface area contributed by atoms with Crippen molar-refractivity contribution in [3.8, 4) is 0 Å². The molecule has 0 saturated carbocycles. The molecule has 0 saturated heterocycles. The van der Waals surface area contributed by atoms with Gasteiger partial charge < -0.3 is 4.74 Å². The van der Waals surface area contributed by atoms with Crippen molar-refractivity contribution in [2.24, 2.45) is 5.92 Å². The lowest BCUT2D eigenvalue weighted by molar-refractivity contribution is 0.0994. The molecule has 17 heavy (non-hydrogen) atoms. The number of hydrogen-bond acceptors (Lipinski definition) is 2. The first-order valence-corrected chi connectivity index (χ1v) is 6.77. The van der Waals surface area contributed by atoms with Gasteiger partial charge in [0, 0.05) is 6.54 Å². The summed E-state index contributed by atoms with van der Waals surface area (Å²) in [4.78, 5) is 13.4. The second-order valence-corrected chi connectivity index (χ2v) is 4.78. The Morgan fingerprint density at radius 2 is 2.00 bits per heavy atom. The number of rotatable bonds is 5. The predicted octanol–water partition coefficient (Wildman–Crippen LogP) is 3.63. The molecule has 0 aromatic heterocycles. The quantitative estimate of drug-likeness (QED) is 0.614. The lowest BCUT2D eigenvalue weighted by Gasteiger charge is -2.21. The highest BCUT2D eigenvalue weighted by molar-refractivity contribution is 9.09. The molecule has 1 aromatic carbocycles. The molecule has 0 atom stereocenters. The van der Waals surface area contributed by atoms with Crippen LogP contribution in [0.3, 0.4) is 0 Å². The van der Waals surface area contributed by atoms with E-state index in [1.165, 1.54) is 0 Å². The van der Waals surface area contributed by atoms with Crippen molar-refractivity contribution in [1.29, 1.82) is 0 Å². The number of carbonyl (C=O) groups excluding carboxylic acids is 1. The number of ether oxygens (including phenoxy) is 1. The van der Waals surface area contributed by atoms with Gasteiger partial charge in [-0.05, 0) is 11.5 Å². The second kappa shape index (κ2) is 7.33. The average Bonchev–Trinajstić information content (AvgIpc) is 2.34. The van der Waals surface area contributed by atoms with E-state index < -0.39 is 0 Å². The number of carbonyl (C=O) groups is 1. The Balaban J connectivity index is 2.42. The highest BCUT2D eigenvalue weighted by Crippen LogP contribution is 2.07. The van der Waals surface area contributed by atoms with Crippen LogP contribution in [0, 0.1) is 5.92 Å². The summed E-state index contributed by atoms with van der Waals surface area (Å²) < 4.78 is 5.24. The molecule has 3 nitrogen and oxygen atoms in total. The molecule has 4 heteroatoms.